The Kier molecular flexibility index (Phi) is 6.28. The van der Waals surface area contributed by atoms with Crippen molar-refractivity contribution in [1.82, 2.24) is 10.2 Å². The van der Waals surface area contributed by atoms with Crippen LogP contribution in [-0.2, 0) is 9.84 Å². The van der Waals surface area contributed by atoms with Crippen LogP contribution >= 0.6 is 12.4 Å². The minimum absolute atomic E-state index is 0. The number of likely N-dealkylation sites (tertiary alicyclic amines) is 1. The number of carbonyl (C=O) groups is 1. The van der Waals surface area contributed by atoms with Crippen molar-refractivity contribution in [3.8, 4) is 0 Å². The van der Waals surface area contributed by atoms with Gasteiger partial charge >= 0.3 is 0 Å². The molecule has 0 radical (unpaired) electrons. The van der Waals surface area contributed by atoms with Crippen molar-refractivity contribution in [2.45, 2.75) is 36.6 Å². The first-order valence-corrected chi connectivity index (χ1v) is 10.2. The van der Waals surface area contributed by atoms with Crippen molar-refractivity contribution in [1.29, 1.82) is 0 Å². The number of hydrogen-bond donors (Lipinski definition) is 1. The maximum atomic E-state index is 12.6. The van der Waals surface area contributed by atoms with Gasteiger partial charge in [-0.3, -0.25) is 4.79 Å². The summed E-state index contributed by atoms with van der Waals surface area (Å²) in [5.41, 5.74) is 0.463. The molecule has 1 atom stereocenters. The van der Waals surface area contributed by atoms with Crippen molar-refractivity contribution < 1.29 is 13.2 Å². The van der Waals surface area contributed by atoms with E-state index in [9.17, 15) is 13.2 Å². The summed E-state index contributed by atoms with van der Waals surface area (Å²) < 4.78 is 23.3. The summed E-state index contributed by atoms with van der Waals surface area (Å²) in [4.78, 5) is 14.7. The summed E-state index contributed by atoms with van der Waals surface area (Å²) in [5.74, 6) is 0.595. The molecule has 2 saturated heterocycles. The molecule has 0 spiro atoms. The number of halogens is 1. The zero-order valence-electron chi connectivity index (χ0n) is 13.9. The first kappa shape index (κ1) is 19.2. The van der Waals surface area contributed by atoms with Crippen LogP contribution < -0.4 is 5.32 Å². The fraction of sp³-hybridized carbons (Fsp3) is 0.588. The lowest BCUT2D eigenvalue weighted by atomic mass is 9.88. The molecule has 1 aromatic rings. The molecule has 1 aromatic carbocycles. The third-order valence-electron chi connectivity index (χ3n) is 5.00. The minimum Gasteiger partial charge on any atom is -0.339 e. The van der Waals surface area contributed by atoms with Gasteiger partial charge in [0.25, 0.3) is 5.91 Å². The Morgan fingerprint density at radius 3 is 2.50 bits per heavy atom. The van der Waals surface area contributed by atoms with Crippen LogP contribution in [0.2, 0.25) is 0 Å². The molecule has 2 aliphatic rings. The highest BCUT2D eigenvalue weighted by Crippen LogP contribution is 2.26. The molecule has 1 N–H and O–H groups in total. The van der Waals surface area contributed by atoms with Gasteiger partial charge in [0.1, 0.15) is 0 Å². The quantitative estimate of drug-likeness (QED) is 0.882. The molecular formula is C17H25ClN2O3S. The third-order valence-corrected chi connectivity index (χ3v) is 6.11. The number of piperidine rings is 1. The molecule has 5 nitrogen and oxygen atoms in total. The second kappa shape index (κ2) is 7.85. The lowest BCUT2D eigenvalue weighted by Crippen LogP contribution is -2.43. The molecule has 24 heavy (non-hydrogen) atoms. The van der Waals surface area contributed by atoms with Gasteiger partial charge in [0.15, 0.2) is 9.84 Å². The van der Waals surface area contributed by atoms with Crippen LogP contribution in [-0.4, -0.2) is 51.2 Å². The molecule has 2 heterocycles. The molecule has 0 bridgehead atoms. The number of carbonyl (C=O) groups excluding carboxylic acids is 1. The van der Waals surface area contributed by atoms with E-state index in [2.05, 4.69) is 5.32 Å². The van der Waals surface area contributed by atoms with Crippen LogP contribution in [0.1, 0.15) is 36.0 Å². The van der Waals surface area contributed by atoms with E-state index in [0.717, 1.165) is 38.7 Å². The predicted octanol–water partition coefficient (Wildman–Crippen LogP) is 2.12. The Hall–Kier alpha value is -1.11. The second-order valence-electron chi connectivity index (χ2n) is 6.63. The summed E-state index contributed by atoms with van der Waals surface area (Å²) >= 11 is 0. The van der Waals surface area contributed by atoms with E-state index < -0.39 is 9.84 Å². The number of amides is 1. The van der Waals surface area contributed by atoms with E-state index in [4.69, 9.17) is 0 Å². The standard InChI is InChI=1S/C17H24N2O3S.ClH/c1-23(21,22)15-5-2-4-14(12-15)17(20)19-10-7-13(8-11-19)16-6-3-9-18-16;/h2,4-5,12-13,16,18H,3,6-11H2,1H3;1H. The average Bonchev–Trinajstić information content (AvgIpc) is 3.08. The summed E-state index contributed by atoms with van der Waals surface area (Å²) in [6.07, 6.45) is 5.71. The van der Waals surface area contributed by atoms with E-state index in [1.54, 1.807) is 12.1 Å². The van der Waals surface area contributed by atoms with Gasteiger partial charge < -0.3 is 10.2 Å². The Morgan fingerprint density at radius 2 is 1.92 bits per heavy atom. The average molecular weight is 373 g/mol. The van der Waals surface area contributed by atoms with E-state index in [1.807, 2.05) is 4.90 Å². The molecule has 2 aliphatic heterocycles. The number of nitrogens with zero attached hydrogens (tertiary/aromatic N) is 1. The van der Waals surface area contributed by atoms with Crippen LogP contribution in [0.3, 0.4) is 0 Å². The summed E-state index contributed by atoms with van der Waals surface area (Å²) in [7, 11) is -3.29. The van der Waals surface area contributed by atoms with Gasteiger partial charge in [-0.1, -0.05) is 6.07 Å². The second-order valence-corrected chi connectivity index (χ2v) is 8.65. The Labute approximate surface area is 150 Å². The molecule has 0 aliphatic carbocycles. The topological polar surface area (TPSA) is 66.5 Å². The van der Waals surface area contributed by atoms with Gasteiger partial charge in [0, 0.05) is 31.0 Å². The number of benzene rings is 1. The van der Waals surface area contributed by atoms with Crippen LogP contribution in [0, 0.1) is 5.92 Å². The lowest BCUT2D eigenvalue weighted by Gasteiger charge is -2.35. The van der Waals surface area contributed by atoms with E-state index >= 15 is 0 Å². The van der Waals surface area contributed by atoms with Crippen LogP contribution in [0.4, 0.5) is 0 Å². The fourth-order valence-electron chi connectivity index (χ4n) is 3.66. The monoisotopic (exact) mass is 372 g/mol. The summed E-state index contributed by atoms with van der Waals surface area (Å²) in [5, 5.41) is 3.56. The van der Waals surface area contributed by atoms with Crippen molar-refractivity contribution in [3.05, 3.63) is 29.8 Å². The highest BCUT2D eigenvalue weighted by Gasteiger charge is 2.30. The van der Waals surface area contributed by atoms with Crippen LogP contribution in [0.25, 0.3) is 0 Å². The predicted molar refractivity (Wildman–Crippen MR) is 96.5 cm³/mol. The third kappa shape index (κ3) is 4.29. The molecule has 7 heteroatoms. The number of hydrogen-bond acceptors (Lipinski definition) is 4. The van der Waals surface area contributed by atoms with Gasteiger partial charge in [0.2, 0.25) is 0 Å². The van der Waals surface area contributed by atoms with Crippen LogP contribution in [0.5, 0.6) is 0 Å². The van der Waals surface area contributed by atoms with Gasteiger partial charge in [-0.25, -0.2) is 8.42 Å². The molecule has 1 unspecified atom stereocenters. The molecule has 0 saturated carbocycles. The van der Waals surface area contributed by atoms with Gasteiger partial charge in [0.05, 0.1) is 4.90 Å². The van der Waals surface area contributed by atoms with Gasteiger partial charge in [-0.15, -0.1) is 12.4 Å². The highest BCUT2D eigenvalue weighted by molar-refractivity contribution is 7.90. The zero-order chi connectivity index (χ0) is 16.4. The molecule has 2 fully saturated rings. The summed E-state index contributed by atoms with van der Waals surface area (Å²) in [6, 6.07) is 6.97. The molecule has 3 rings (SSSR count). The van der Waals surface area contributed by atoms with Crippen molar-refractivity contribution >= 4 is 28.2 Å². The van der Waals surface area contributed by atoms with Crippen molar-refractivity contribution in [2.24, 2.45) is 5.92 Å². The number of sulfone groups is 1. The minimum atomic E-state index is -3.29. The first-order chi connectivity index (χ1) is 10.9. The van der Waals surface area contributed by atoms with Crippen molar-refractivity contribution in [3.63, 3.8) is 0 Å². The van der Waals surface area contributed by atoms with Gasteiger partial charge in [-0.05, 0) is 56.3 Å². The zero-order valence-corrected chi connectivity index (χ0v) is 15.5. The van der Waals surface area contributed by atoms with E-state index in [0.29, 0.717) is 17.5 Å². The normalized spacial score (nSPS) is 22.2. The van der Waals surface area contributed by atoms with E-state index in [-0.39, 0.29) is 23.2 Å². The number of nitrogens with one attached hydrogen (secondary N) is 1. The SMILES string of the molecule is CS(=O)(=O)c1cccc(C(=O)N2CCC(C3CCCN3)CC2)c1.Cl. The Bertz CT molecular complexity index is 679. The maximum Gasteiger partial charge on any atom is 0.253 e. The Balaban J connectivity index is 0.00000208. The van der Waals surface area contributed by atoms with Crippen molar-refractivity contribution in [2.75, 3.05) is 25.9 Å². The van der Waals surface area contributed by atoms with E-state index in [1.165, 1.54) is 25.0 Å². The van der Waals surface area contributed by atoms with Crippen LogP contribution in [0.15, 0.2) is 29.2 Å². The maximum absolute atomic E-state index is 12.6. The molecular weight excluding hydrogens is 348 g/mol. The smallest absolute Gasteiger partial charge is 0.253 e. The fourth-order valence-corrected chi connectivity index (χ4v) is 4.33. The van der Waals surface area contributed by atoms with Gasteiger partial charge in [-0.2, -0.15) is 0 Å². The highest BCUT2D eigenvalue weighted by atomic mass is 35.5. The summed E-state index contributed by atoms with van der Waals surface area (Å²) in [6.45, 7) is 2.62. The Morgan fingerprint density at radius 1 is 1.21 bits per heavy atom. The molecule has 0 aromatic heterocycles. The largest absolute Gasteiger partial charge is 0.339 e. The number of rotatable bonds is 3. The first-order valence-electron chi connectivity index (χ1n) is 8.28. The molecule has 1 amide bonds. The lowest BCUT2D eigenvalue weighted by molar-refractivity contribution is 0.0674. The molecule has 134 valence electrons.